The molecule has 0 spiro atoms. The first kappa shape index (κ1) is 17.8. The third-order valence-electron chi connectivity index (χ3n) is 6.51. The van der Waals surface area contributed by atoms with Crippen LogP contribution in [0.1, 0.15) is 0 Å². The van der Waals surface area contributed by atoms with E-state index in [2.05, 4.69) is 78.9 Å². The molecule has 0 aliphatic rings. The predicted octanol–water partition coefficient (Wildman–Crippen LogP) is 9.37. The smallest absolute Gasteiger partial charge is 0.136 e. The van der Waals surface area contributed by atoms with Crippen LogP contribution in [-0.4, -0.2) is 0 Å². The number of hydrogen-bond donors (Lipinski definition) is 0. The van der Waals surface area contributed by atoms with E-state index in [9.17, 15) is 0 Å². The zero-order chi connectivity index (χ0) is 21.2. The Morgan fingerprint density at radius 3 is 1.84 bits per heavy atom. The van der Waals surface area contributed by atoms with Crippen LogP contribution in [0.2, 0.25) is 5.02 Å². The van der Waals surface area contributed by atoms with Crippen molar-refractivity contribution in [3.8, 4) is 11.1 Å². The molecule has 0 unspecified atom stereocenters. The van der Waals surface area contributed by atoms with Gasteiger partial charge in [0.15, 0.2) is 0 Å². The van der Waals surface area contributed by atoms with Crippen LogP contribution in [0.25, 0.3) is 65.4 Å². The van der Waals surface area contributed by atoms with E-state index in [-0.39, 0.29) is 0 Å². The van der Waals surface area contributed by atoms with E-state index in [0.717, 1.165) is 27.5 Å². The van der Waals surface area contributed by atoms with Gasteiger partial charge in [0.2, 0.25) is 0 Å². The molecule has 0 atom stereocenters. The Morgan fingerprint density at radius 1 is 0.469 bits per heavy atom. The minimum Gasteiger partial charge on any atom is -0.456 e. The molecule has 32 heavy (non-hydrogen) atoms. The molecule has 1 heterocycles. The van der Waals surface area contributed by atoms with Crippen molar-refractivity contribution in [2.75, 3.05) is 0 Å². The van der Waals surface area contributed by atoms with Crippen molar-refractivity contribution in [1.82, 2.24) is 0 Å². The monoisotopic (exact) mass is 428 g/mol. The molecule has 1 aromatic heterocycles. The molecule has 0 aliphatic carbocycles. The molecule has 0 N–H and O–H groups in total. The minimum atomic E-state index is 0.714. The first-order valence-corrected chi connectivity index (χ1v) is 11.1. The van der Waals surface area contributed by atoms with Crippen LogP contribution in [-0.2, 0) is 0 Å². The highest BCUT2D eigenvalue weighted by Gasteiger charge is 2.14. The van der Waals surface area contributed by atoms with Gasteiger partial charge < -0.3 is 4.42 Å². The van der Waals surface area contributed by atoms with Crippen molar-refractivity contribution < 1.29 is 4.42 Å². The number of halogens is 1. The van der Waals surface area contributed by atoms with E-state index in [0.29, 0.717) is 5.02 Å². The first-order valence-electron chi connectivity index (χ1n) is 10.7. The van der Waals surface area contributed by atoms with Gasteiger partial charge in [-0.3, -0.25) is 0 Å². The molecule has 0 saturated heterocycles. The summed E-state index contributed by atoms with van der Waals surface area (Å²) in [5.41, 5.74) is 4.06. The number of hydrogen-bond acceptors (Lipinski definition) is 1. The number of furan rings is 1. The van der Waals surface area contributed by atoms with Gasteiger partial charge >= 0.3 is 0 Å². The van der Waals surface area contributed by atoms with Crippen molar-refractivity contribution in [3.05, 3.63) is 108 Å². The SMILES string of the molecule is Clc1ccc2oc3cccc(-c4ccc5c6ccccc6c6ccccc6c5c4)c3c2c1. The van der Waals surface area contributed by atoms with Crippen LogP contribution < -0.4 is 0 Å². The summed E-state index contributed by atoms with van der Waals surface area (Å²) >= 11 is 6.33. The van der Waals surface area contributed by atoms with Gasteiger partial charge in [-0.05, 0) is 73.8 Å². The van der Waals surface area contributed by atoms with E-state index in [1.54, 1.807) is 0 Å². The average molecular weight is 429 g/mol. The van der Waals surface area contributed by atoms with Gasteiger partial charge in [0.05, 0.1) is 0 Å². The minimum absolute atomic E-state index is 0.714. The van der Waals surface area contributed by atoms with Crippen molar-refractivity contribution in [2.45, 2.75) is 0 Å². The second kappa shape index (κ2) is 6.59. The Bertz CT molecular complexity index is 1810. The highest BCUT2D eigenvalue weighted by Crippen LogP contribution is 2.41. The maximum absolute atomic E-state index is 6.33. The lowest BCUT2D eigenvalue weighted by molar-refractivity contribution is 0.669. The molecule has 6 aromatic carbocycles. The summed E-state index contributed by atoms with van der Waals surface area (Å²) in [5.74, 6) is 0. The largest absolute Gasteiger partial charge is 0.456 e. The first-order chi connectivity index (χ1) is 15.8. The fourth-order valence-corrected chi connectivity index (χ4v) is 5.29. The molecule has 1 nitrogen and oxygen atoms in total. The number of benzene rings is 6. The Hall–Kier alpha value is -3.81. The predicted molar refractivity (Wildman–Crippen MR) is 137 cm³/mol. The summed E-state index contributed by atoms with van der Waals surface area (Å²) in [6, 6.07) is 36.2. The van der Waals surface area contributed by atoms with Gasteiger partial charge in [-0.2, -0.15) is 0 Å². The maximum atomic E-state index is 6.33. The standard InChI is InChI=1S/C30H17ClO/c31-19-13-15-28-27(17-19)30-20(10-5-11-29(30)32-28)18-12-14-25-23-8-2-1-6-21(23)22-7-3-4-9-24(22)26(25)16-18/h1-17H. The summed E-state index contributed by atoms with van der Waals surface area (Å²) in [6.07, 6.45) is 0. The zero-order valence-electron chi connectivity index (χ0n) is 17.1. The lowest BCUT2D eigenvalue weighted by Gasteiger charge is -2.12. The van der Waals surface area contributed by atoms with Gasteiger partial charge in [0.1, 0.15) is 11.2 Å². The maximum Gasteiger partial charge on any atom is 0.136 e. The van der Waals surface area contributed by atoms with E-state index in [1.807, 2.05) is 24.3 Å². The van der Waals surface area contributed by atoms with Crippen LogP contribution >= 0.6 is 11.6 Å². The number of rotatable bonds is 1. The summed E-state index contributed by atoms with van der Waals surface area (Å²) in [5, 5.41) is 10.5. The van der Waals surface area contributed by atoms with E-state index in [1.165, 1.54) is 37.9 Å². The Kier molecular flexibility index (Phi) is 3.67. The van der Waals surface area contributed by atoms with Crippen molar-refractivity contribution in [2.24, 2.45) is 0 Å². The Balaban J connectivity index is 1.61. The van der Waals surface area contributed by atoms with Crippen molar-refractivity contribution in [3.63, 3.8) is 0 Å². The molecule has 0 fully saturated rings. The molecule has 7 rings (SSSR count). The summed E-state index contributed by atoms with van der Waals surface area (Å²) in [6.45, 7) is 0. The molecule has 0 amide bonds. The summed E-state index contributed by atoms with van der Waals surface area (Å²) in [4.78, 5) is 0. The van der Waals surface area contributed by atoms with Crippen LogP contribution in [0.4, 0.5) is 0 Å². The Morgan fingerprint density at radius 2 is 1.12 bits per heavy atom. The summed E-state index contributed by atoms with van der Waals surface area (Å²) in [7, 11) is 0. The zero-order valence-corrected chi connectivity index (χ0v) is 17.9. The lowest BCUT2D eigenvalue weighted by Crippen LogP contribution is -1.85. The third kappa shape index (κ3) is 2.46. The lowest BCUT2D eigenvalue weighted by atomic mass is 9.91. The van der Waals surface area contributed by atoms with Gasteiger partial charge in [-0.25, -0.2) is 0 Å². The van der Waals surface area contributed by atoms with Crippen LogP contribution in [0.5, 0.6) is 0 Å². The molecule has 2 heteroatoms. The normalized spacial score (nSPS) is 11.9. The van der Waals surface area contributed by atoms with E-state index in [4.69, 9.17) is 16.0 Å². The molecule has 0 aliphatic heterocycles. The fourth-order valence-electron chi connectivity index (χ4n) is 5.11. The molecule has 0 radical (unpaired) electrons. The van der Waals surface area contributed by atoms with Crippen molar-refractivity contribution in [1.29, 1.82) is 0 Å². The van der Waals surface area contributed by atoms with Crippen molar-refractivity contribution >= 4 is 65.9 Å². The highest BCUT2D eigenvalue weighted by molar-refractivity contribution is 6.32. The molecule has 0 saturated carbocycles. The van der Waals surface area contributed by atoms with E-state index >= 15 is 0 Å². The van der Waals surface area contributed by atoms with Crippen LogP contribution in [0.3, 0.4) is 0 Å². The van der Waals surface area contributed by atoms with E-state index < -0.39 is 0 Å². The average Bonchev–Trinajstić information content (AvgIpc) is 3.22. The molecule has 150 valence electrons. The molecule has 7 aromatic rings. The number of fused-ring (bicyclic) bond motifs is 9. The summed E-state index contributed by atoms with van der Waals surface area (Å²) < 4.78 is 6.13. The van der Waals surface area contributed by atoms with Crippen LogP contribution in [0.15, 0.2) is 108 Å². The van der Waals surface area contributed by atoms with Gasteiger partial charge in [-0.1, -0.05) is 84.4 Å². The molecular formula is C30H17ClO. The Labute approximate surface area is 189 Å². The van der Waals surface area contributed by atoms with Gasteiger partial charge in [0.25, 0.3) is 0 Å². The third-order valence-corrected chi connectivity index (χ3v) is 6.75. The topological polar surface area (TPSA) is 13.1 Å². The van der Waals surface area contributed by atoms with Gasteiger partial charge in [0, 0.05) is 15.8 Å². The highest BCUT2D eigenvalue weighted by atomic mass is 35.5. The second-order valence-electron chi connectivity index (χ2n) is 8.27. The fraction of sp³-hybridized carbons (Fsp3) is 0. The molecule has 0 bridgehead atoms. The van der Waals surface area contributed by atoms with Gasteiger partial charge in [-0.15, -0.1) is 0 Å². The van der Waals surface area contributed by atoms with Crippen LogP contribution in [0, 0.1) is 0 Å². The quantitative estimate of drug-likeness (QED) is 0.237. The second-order valence-corrected chi connectivity index (χ2v) is 8.71. The molecular weight excluding hydrogens is 412 g/mol.